The largest absolute Gasteiger partial charge is 0.337 e. The zero-order valence-electron chi connectivity index (χ0n) is 8.85. The number of hydrogen-bond acceptors (Lipinski definition) is 5. The highest BCUT2D eigenvalue weighted by molar-refractivity contribution is 7.99. The van der Waals surface area contributed by atoms with Crippen LogP contribution in [-0.2, 0) is 0 Å². The number of hydrogen-bond donors (Lipinski definition) is 2. The molecule has 1 saturated heterocycles. The summed E-state index contributed by atoms with van der Waals surface area (Å²) in [5.41, 5.74) is 3.07. The fourth-order valence-electron chi connectivity index (χ4n) is 1.59. The van der Waals surface area contributed by atoms with Crippen LogP contribution < -0.4 is 11.3 Å². The Bertz CT molecular complexity index is 379. The van der Waals surface area contributed by atoms with Crippen LogP contribution in [0.2, 0.25) is 0 Å². The SMILES string of the molecule is NNc1cc(C(=O)N2CCSCC2)ccn1. The van der Waals surface area contributed by atoms with Crippen LogP contribution in [0, 0.1) is 0 Å². The van der Waals surface area contributed by atoms with Crippen LogP contribution in [0.5, 0.6) is 0 Å². The molecule has 1 amide bonds. The Labute approximate surface area is 98.4 Å². The Balaban J connectivity index is 2.12. The Morgan fingerprint density at radius 2 is 2.25 bits per heavy atom. The monoisotopic (exact) mass is 238 g/mol. The first-order valence-corrected chi connectivity index (χ1v) is 6.26. The molecule has 1 aromatic rings. The maximum Gasteiger partial charge on any atom is 0.254 e. The van der Waals surface area contributed by atoms with Gasteiger partial charge in [-0.1, -0.05) is 0 Å². The van der Waals surface area contributed by atoms with E-state index in [9.17, 15) is 4.79 Å². The zero-order valence-corrected chi connectivity index (χ0v) is 9.67. The summed E-state index contributed by atoms with van der Waals surface area (Å²) < 4.78 is 0. The van der Waals surface area contributed by atoms with E-state index in [1.165, 1.54) is 0 Å². The molecular weight excluding hydrogens is 224 g/mol. The molecule has 1 fully saturated rings. The predicted molar refractivity (Wildman–Crippen MR) is 65.3 cm³/mol. The quantitative estimate of drug-likeness (QED) is 0.582. The minimum absolute atomic E-state index is 0.0548. The first kappa shape index (κ1) is 11.2. The van der Waals surface area contributed by atoms with Gasteiger partial charge in [0.05, 0.1) is 0 Å². The lowest BCUT2D eigenvalue weighted by Gasteiger charge is -2.26. The summed E-state index contributed by atoms with van der Waals surface area (Å²) in [4.78, 5) is 17.9. The average molecular weight is 238 g/mol. The summed E-state index contributed by atoms with van der Waals surface area (Å²) in [5, 5.41) is 0. The van der Waals surface area contributed by atoms with Crippen LogP contribution in [0.4, 0.5) is 5.82 Å². The molecule has 1 aliphatic heterocycles. The normalized spacial score (nSPS) is 15.9. The van der Waals surface area contributed by atoms with E-state index in [0.29, 0.717) is 11.4 Å². The third-order valence-electron chi connectivity index (χ3n) is 2.45. The maximum absolute atomic E-state index is 12.1. The minimum Gasteiger partial charge on any atom is -0.337 e. The average Bonchev–Trinajstić information content (AvgIpc) is 2.39. The lowest BCUT2D eigenvalue weighted by molar-refractivity contribution is 0.0772. The second-order valence-electron chi connectivity index (χ2n) is 3.48. The van der Waals surface area contributed by atoms with Gasteiger partial charge in [-0.25, -0.2) is 10.8 Å². The van der Waals surface area contributed by atoms with Crippen molar-refractivity contribution < 1.29 is 4.79 Å². The molecule has 0 unspecified atom stereocenters. The number of anilines is 1. The Morgan fingerprint density at radius 1 is 1.50 bits per heavy atom. The summed E-state index contributed by atoms with van der Waals surface area (Å²) in [6, 6.07) is 3.38. The van der Waals surface area contributed by atoms with E-state index in [-0.39, 0.29) is 5.91 Å². The molecule has 0 aromatic carbocycles. The number of nitrogens with two attached hydrogens (primary N) is 1. The lowest BCUT2D eigenvalue weighted by atomic mass is 10.2. The highest BCUT2D eigenvalue weighted by atomic mass is 32.2. The van der Waals surface area contributed by atoms with Gasteiger partial charge in [0.15, 0.2) is 0 Å². The van der Waals surface area contributed by atoms with E-state index in [4.69, 9.17) is 5.84 Å². The molecule has 3 N–H and O–H groups in total. The van der Waals surface area contributed by atoms with Gasteiger partial charge < -0.3 is 10.3 Å². The molecule has 0 aliphatic carbocycles. The molecule has 5 nitrogen and oxygen atoms in total. The number of nitrogen functional groups attached to an aromatic ring is 1. The predicted octanol–water partition coefficient (Wildman–Crippen LogP) is 0.556. The van der Waals surface area contributed by atoms with Gasteiger partial charge >= 0.3 is 0 Å². The topological polar surface area (TPSA) is 71.2 Å². The van der Waals surface area contributed by atoms with Crippen LogP contribution in [0.15, 0.2) is 18.3 Å². The summed E-state index contributed by atoms with van der Waals surface area (Å²) >= 11 is 1.88. The molecule has 0 saturated carbocycles. The van der Waals surface area contributed by atoms with E-state index in [1.54, 1.807) is 18.3 Å². The molecule has 16 heavy (non-hydrogen) atoms. The van der Waals surface area contributed by atoms with Gasteiger partial charge in [0.1, 0.15) is 5.82 Å². The van der Waals surface area contributed by atoms with Crippen LogP contribution in [0.3, 0.4) is 0 Å². The molecule has 2 heterocycles. The van der Waals surface area contributed by atoms with Crippen molar-refractivity contribution in [2.75, 3.05) is 30.0 Å². The van der Waals surface area contributed by atoms with Crippen molar-refractivity contribution in [3.05, 3.63) is 23.9 Å². The van der Waals surface area contributed by atoms with E-state index < -0.39 is 0 Å². The Morgan fingerprint density at radius 3 is 2.94 bits per heavy atom. The molecule has 0 atom stereocenters. The molecule has 1 aromatic heterocycles. The van der Waals surface area contributed by atoms with Crippen molar-refractivity contribution in [3.63, 3.8) is 0 Å². The highest BCUT2D eigenvalue weighted by Gasteiger charge is 2.18. The second kappa shape index (κ2) is 5.18. The Kier molecular flexibility index (Phi) is 3.63. The number of carbonyl (C=O) groups excluding carboxylic acids is 1. The zero-order chi connectivity index (χ0) is 11.4. The first-order chi connectivity index (χ1) is 7.81. The summed E-state index contributed by atoms with van der Waals surface area (Å²) in [5.74, 6) is 7.85. The minimum atomic E-state index is 0.0548. The fourth-order valence-corrected chi connectivity index (χ4v) is 2.49. The molecule has 1 aliphatic rings. The number of pyridine rings is 1. The van der Waals surface area contributed by atoms with Gasteiger partial charge in [-0.15, -0.1) is 0 Å². The van der Waals surface area contributed by atoms with Crippen molar-refractivity contribution in [1.82, 2.24) is 9.88 Å². The third kappa shape index (κ3) is 2.45. The maximum atomic E-state index is 12.1. The van der Waals surface area contributed by atoms with Crippen molar-refractivity contribution >= 4 is 23.5 Å². The molecule has 2 rings (SSSR count). The number of thioether (sulfide) groups is 1. The number of carbonyl (C=O) groups is 1. The van der Waals surface area contributed by atoms with Gasteiger partial charge in [-0.3, -0.25) is 4.79 Å². The molecule has 6 heteroatoms. The van der Waals surface area contributed by atoms with Gasteiger partial charge in [-0.2, -0.15) is 11.8 Å². The summed E-state index contributed by atoms with van der Waals surface area (Å²) in [7, 11) is 0. The summed E-state index contributed by atoms with van der Waals surface area (Å²) in [6.07, 6.45) is 1.58. The smallest absolute Gasteiger partial charge is 0.254 e. The first-order valence-electron chi connectivity index (χ1n) is 5.11. The van der Waals surface area contributed by atoms with Gasteiger partial charge in [0.25, 0.3) is 5.91 Å². The molecular formula is C10H14N4OS. The molecule has 0 bridgehead atoms. The summed E-state index contributed by atoms with van der Waals surface area (Å²) in [6.45, 7) is 1.63. The van der Waals surface area contributed by atoms with E-state index in [2.05, 4.69) is 10.4 Å². The van der Waals surface area contributed by atoms with E-state index >= 15 is 0 Å². The van der Waals surface area contributed by atoms with Crippen LogP contribution in [-0.4, -0.2) is 40.4 Å². The van der Waals surface area contributed by atoms with Crippen LogP contribution in [0.1, 0.15) is 10.4 Å². The molecule has 0 spiro atoms. The lowest BCUT2D eigenvalue weighted by Crippen LogP contribution is -2.37. The number of aromatic nitrogens is 1. The van der Waals surface area contributed by atoms with Crippen LogP contribution >= 0.6 is 11.8 Å². The number of hydrazine groups is 1. The molecule has 0 radical (unpaired) electrons. The van der Waals surface area contributed by atoms with Crippen molar-refractivity contribution in [1.29, 1.82) is 0 Å². The number of nitrogens with one attached hydrogen (secondary N) is 1. The standard InChI is InChI=1S/C10H14N4OS/c11-13-9-7-8(1-2-12-9)10(15)14-3-5-16-6-4-14/h1-2,7H,3-6,11H2,(H,12,13). The van der Waals surface area contributed by atoms with Crippen molar-refractivity contribution in [3.8, 4) is 0 Å². The van der Waals surface area contributed by atoms with Gasteiger partial charge in [0.2, 0.25) is 0 Å². The molecule has 86 valence electrons. The van der Waals surface area contributed by atoms with Crippen LogP contribution in [0.25, 0.3) is 0 Å². The van der Waals surface area contributed by atoms with E-state index in [1.807, 2.05) is 16.7 Å². The van der Waals surface area contributed by atoms with E-state index in [0.717, 1.165) is 24.6 Å². The van der Waals surface area contributed by atoms with Gasteiger partial charge in [-0.05, 0) is 12.1 Å². The third-order valence-corrected chi connectivity index (χ3v) is 3.40. The number of nitrogens with zero attached hydrogens (tertiary/aromatic N) is 2. The Hall–Kier alpha value is -1.27. The van der Waals surface area contributed by atoms with Gasteiger partial charge in [0, 0.05) is 36.4 Å². The van der Waals surface area contributed by atoms with Crippen molar-refractivity contribution in [2.24, 2.45) is 5.84 Å². The highest BCUT2D eigenvalue weighted by Crippen LogP contribution is 2.14. The second-order valence-corrected chi connectivity index (χ2v) is 4.70. The number of amides is 1. The number of rotatable bonds is 2. The fraction of sp³-hybridized carbons (Fsp3) is 0.400. The van der Waals surface area contributed by atoms with Crippen molar-refractivity contribution in [2.45, 2.75) is 0 Å².